The van der Waals surface area contributed by atoms with E-state index >= 15 is 0 Å². The summed E-state index contributed by atoms with van der Waals surface area (Å²) in [4.78, 5) is 6.70. The second kappa shape index (κ2) is 12.7. The first kappa shape index (κ1) is 21.7. The zero-order chi connectivity index (χ0) is 19.3. The van der Waals surface area contributed by atoms with Crippen molar-refractivity contribution in [2.75, 3.05) is 46.5 Å². The van der Waals surface area contributed by atoms with Gasteiger partial charge >= 0.3 is 0 Å². The van der Waals surface area contributed by atoms with E-state index in [2.05, 4.69) is 58.6 Å². The van der Waals surface area contributed by atoms with Crippen LogP contribution in [0, 0.1) is 0 Å². The zero-order valence-electron chi connectivity index (χ0n) is 17.2. The van der Waals surface area contributed by atoms with E-state index in [4.69, 9.17) is 9.47 Å². The molecule has 1 aromatic rings. The fourth-order valence-corrected chi connectivity index (χ4v) is 3.05. The third-order valence-corrected chi connectivity index (χ3v) is 4.86. The molecule has 27 heavy (non-hydrogen) atoms. The van der Waals surface area contributed by atoms with Crippen molar-refractivity contribution in [2.45, 2.75) is 45.9 Å². The molecule has 1 fully saturated rings. The number of aliphatic imine (C=N–C) groups is 1. The quantitative estimate of drug-likeness (QED) is 0.353. The largest absolute Gasteiger partial charge is 0.379 e. The highest BCUT2D eigenvalue weighted by molar-refractivity contribution is 5.79. The van der Waals surface area contributed by atoms with Crippen LogP contribution in [-0.2, 0) is 22.6 Å². The monoisotopic (exact) mass is 376 g/mol. The van der Waals surface area contributed by atoms with E-state index in [1.165, 1.54) is 11.1 Å². The average Bonchev–Trinajstić information content (AvgIpc) is 3.22. The van der Waals surface area contributed by atoms with Crippen LogP contribution in [0.15, 0.2) is 29.3 Å². The maximum absolute atomic E-state index is 5.77. The maximum atomic E-state index is 5.77. The molecule has 2 rings (SSSR count). The van der Waals surface area contributed by atoms with Crippen molar-refractivity contribution in [3.05, 3.63) is 35.4 Å². The van der Waals surface area contributed by atoms with Crippen LogP contribution in [0.2, 0.25) is 0 Å². The normalized spacial score (nSPS) is 17.5. The second-order valence-corrected chi connectivity index (χ2v) is 6.84. The SMILES string of the molecule is CCN(CC)Cc1ccc(CNC(=NC)NCCCOC2CCOC2)cc1. The first-order valence-corrected chi connectivity index (χ1v) is 10.2. The maximum Gasteiger partial charge on any atom is 0.191 e. The summed E-state index contributed by atoms with van der Waals surface area (Å²) in [5, 5.41) is 6.71. The molecular formula is C21H36N4O2. The Morgan fingerprint density at radius 1 is 1.19 bits per heavy atom. The standard InChI is InChI=1S/C21H36N4O2/c1-4-25(5-2)16-19-9-7-18(8-10-19)15-24-21(22-3)23-12-6-13-27-20-11-14-26-17-20/h7-10,20H,4-6,11-17H2,1-3H3,(H2,22,23,24). The Morgan fingerprint density at radius 2 is 1.93 bits per heavy atom. The number of ether oxygens (including phenoxy) is 2. The molecule has 1 aliphatic heterocycles. The fourth-order valence-electron chi connectivity index (χ4n) is 3.05. The summed E-state index contributed by atoms with van der Waals surface area (Å²) in [6.45, 7) is 11.5. The third-order valence-electron chi connectivity index (χ3n) is 4.86. The Bertz CT molecular complexity index is 538. The van der Waals surface area contributed by atoms with Crippen molar-refractivity contribution in [3.63, 3.8) is 0 Å². The van der Waals surface area contributed by atoms with Gasteiger partial charge in [0.15, 0.2) is 5.96 Å². The van der Waals surface area contributed by atoms with Crippen molar-refractivity contribution >= 4 is 5.96 Å². The highest BCUT2D eigenvalue weighted by Crippen LogP contribution is 2.08. The first-order valence-electron chi connectivity index (χ1n) is 10.2. The second-order valence-electron chi connectivity index (χ2n) is 6.84. The smallest absolute Gasteiger partial charge is 0.191 e. The Hall–Kier alpha value is -1.63. The molecule has 1 saturated heterocycles. The van der Waals surface area contributed by atoms with Crippen molar-refractivity contribution in [1.82, 2.24) is 15.5 Å². The number of benzene rings is 1. The highest BCUT2D eigenvalue weighted by Gasteiger charge is 2.15. The molecule has 1 unspecified atom stereocenters. The number of hydrogen-bond donors (Lipinski definition) is 2. The van der Waals surface area contributed by atoms with Gasteiger partial charge in [0, 0.05) is 39.9 Å². The number of rotatable bonds is 11. The molecule has 2 N–H and O–H groups in total. The van der Waals surface area contributed by atoms with Gasteiger partial charge in [-0.05, 0) is 37.1 Å². The molecule has 1 aliphatic rings. The van der Waals surface area contributed by atoms with Gasteiger partial charge < -0.3 is 20.1 Å². The van der Waals surface area contributed by atoms with Gasteiger partial charge in [0.05, 0.1) is 12.7 Å². The van der Waals surface area contributed by atoms with E-state index in [1.807, 2.05) is 0 Å². The minimum atomic E-state index is 0.284. The molecule has 0 aliphatic carbocycles. The summed E-state index contributed by atoms with van der Waals surface area (Å²) in [5.41, 5.74) is 2.61. The molecule has 0 spiro atoms. The summed E-state index contributed by atoms with van der Waals surface area (Å²) in [5.74, 6) is 0.825. The molecule has 0 bridgehead atoms. The van der Waals surface area contributed by atoms with Crippen LogP contribution in [0.4, 0.5) is 0 Å². The van der Waals surface area contributed by atoms with Crippen molar-refractivity contribution in [3.8, 4) is 0 Å². The summed E-state index contributed by atoms with van der Waals surface area (Å²) >= 11 is 0. The van der Waals surface area contributed by atoms with Gasteiger partial charge in [-0.3, -0.25) is 9.89 Å². The van der Waals surface area contributed by atoms with Crippen LogP contribution < -0.4 is 10.6 Å². The zero-order valence-corrected chi connectivity index (χ0v) is 17.2. The van der Waals surface area contributed by atoms with E-state index in [0.29, 0.717) is 0 Å². The van der Waals surface area contributed by atoms with Gasteiger partial charge in [-0.25, -0.2) is 0 Å². The summed E-state index contributed by atoms with van der Waals surface area (Å²) < 4.78 is 11.1. The summed E-state index contributed by atoms with van der Waals surface area (Å²) in [6.07, 6.45) is 2.26. The molecule has 0 amide bonds. The lowest BCUT2D eigenvalue weighted by Gasteiger charge is -2.18. The van der Waals surface area contributed by atoms with E-state index in [-0.39, 0.29) is 6.10 Å². The molecule has 0 aromatic heterocycles. The van der Waals surface area contributed by atoms with Crippen molar-refractivity contribution < 1.29 is 9.47 Å². The molecule has 1 atom stereocenters. The molecule has 152 valence electrons. The molecule has 0 saturated carbocycles. The molecule has 6 heteroatoms. The van der Waals surface area contributed by atoms with Crippen LogP contribution in [0.5, 0.6) is 0 Å². The number of hydrogen-bond acceptors (Lipinski definition) is 4. The predicted molar refractivity (Wildman–Crippen MR) is 111 cm³/mol. The van der Waals surface area contributed by atoms with Crippen molar-refractivity contribution in [1.29, 1.82) is 0 Å². The lowest BCUT2D eigenvalue weighted by Crippen LogP contribution is -2.37. The predicted octanol–water partition coefficient (Wildman–Crippen LogP) is 2.39. The topological polar surface area (TPSA) is 58.1 Å². The summed E-state index contributed by atoms with van der Waals surface area (Å²) in [6, 6.07) is 8.82. The van der Waals surface area contributed by atoms with Gasteiger partial charge in [0.25, 0.3) is 0 Å². The van der Waals surface area contributed by atoms with Crippen LogP contribution in [-0.4, -0.2) is 63.5 Å². The lowest BCUT2D eigenvalue weighted by molar-refractivity contribution is 0.0420. The van der Waals surface area contributed by atoms with Crippen LogP contribution in [0.25, 0.3) is 0 Å². The third kappa shape index (κ3) is 8.28. The molecule has 1 aromatic carbocycles. The highest BCUT2D eigenvalue weighted by atomic mass is 16.5. The van der Waals surface area contributed by atoms with E-state index in [9.17, 15) is 0 Å². The fraction of sp³-hybridized carbons (Fsp3) is 0.667. The molecule has 6 nitrogen and oxygen atoms in total. The van der Waals surface area contributed by atoms with Gasteiger partial charge in [-0.2, -0.15) is 0 Å². The Morgan fingerprint density at radius 3 is 2.56 bits per heavy atom. The Kier molecular flexibility index (Phi) is 10.2. The van der Waals surface area contributed by atoms with Crippen LogP contribution in [0.1, 0.15) is 37.8 Å². The minimum Gasteiger partial charge on any atom is -0.379 e. The lowest BCUT2D eigenvalue weighted by atomic mass is 10.1. The van der Waals surface area contributed by atoms with Crippen LogP contribution in [0.3, 0.4) is 0 Å². The van der Waals surface area contributed by atoms with E-state index in [0.717, 1.165) is 71.3 Å². The number of guanidine groups is 1. The Balaban J connectivity index is 1.63. The first-order chi connectivity index (χ1) is 13.2. The Labute approximate surface area is 164 Å². The van der Waals surface area contributed by atoms with E-state index in [1.54, 1.807) is 7.05 Å². The van der Waals surface area contributed by atoms with Crippen LogP contribution >= 0.6 is 0 Å². The van der Waals surface area contributed by atoms with E-state index < -0.39 is 0 Å². The average molecular weight is 377 g/mol. The summed E-state index contributed by atoms with van der Waals surface area (Å²) in [7, 11) is 1.80. The molecular weight excluding hydrogens is 340 g/mol. The van der Waals surface area contributed by atoms with Gasteiger partial charge in [0.2, 0.25) is 0 Å². The molecule has 1 heterocycles. The number of nitrogens with zero attached hydrogens (tertiary/aromatic N) is 2. The molecule has 0 radical (unpaired) electrons. The van der Waals surface area contributed by atoms with Crippen molar-refractivity contribution in [2.24, 2.45) is 4.99 Å². The van der Waals surface area contributed by atoms with Gasteiger partial charge in [-0.1, -0.05) is 38.1 Å². The van der Waals surface area contributed by atoms with Gasteiger partial charge in [0.1, 0.15) is 0 Å². The van der Waals surface area contributed by atoms with Gasteiger partial charge in [-0.15, -0.1) is 0 Å². The number of nitrogens with one attached hydrogen (secondary N) is 2. The minimum absolute atomic E-state index is 0.284.